The predicted octanol–water partition coefficient (Wildman–Crippen LogP) is 1.78. The van der Waals surface area contributed by atoms with E-state index in [1.807, 2.05) is 13.0 Å². The molecule has 2 rings (SSSR count). The molecule has 0 bridgehead atoms. The lowest BCUT2D eigenvalue weighted by molar-refractivity contribution is 0.316. The molecule has 1 aromatic carbocycles. The molecule has 0 radical (unpaired) electrons. The third-order valence-electron chi connectivity index (χ3n) is 3.37. The Morgan fingerprint density at radius 3 is 2.79 bits per heavy atom. The molecule has 1 heterocycles. The molecule has 1 aliphatic rings. The lowest BCUT2D eigenvalue weighted by atomic mass is 10.1. The van der Waals surface area contributed by atoms with Crippen LogP contribution in [0.25, 0.3) is 0 Å². The van der Waals surface area contributed by atoms with Crippen molar-refractivity contribution in [3.8, 4) is 0 Å². The molecule has 1 aromatic rings. The van der Waals surface area contributed by atoms with E-state index in [0.29, 0.717) is 18.0 Å². The van der Waals surface area contributed by atoms with E-state index in [1.165, 1.54) is 4.31 Å². The van der Waals surface area contributed by atoms with Crippen LogP contribution in [-0.2, 0) is 16.4 Å². The lowest BCUT2D eigenvalue weighted by Gasteiger charge is -2.29. The molecule has 19 heavy (non-hydrogen) atoms. The fourth-order valence-corrected chi connectivity index (χ4v) is 3.87. The first-order valence-electron chi connectivity index (χ1n) is 6.38. The van der Waals surface area contributed by atoms with Crippen molar-refractivity contribution in [2.45, 2.75) is 37.1 Å². The first-order chi connectivity index (χ1) is 8.54. The van der Waals surface area contributed by atoms with Crippen LogP contribution >= 0.6 is 12.4 Å². The van der Waals surface area contributed by atoms with Crippen LogP contribution in [0.4, 0.5) is 0 Å². The smallest absolute Gasteiger partial charge is 0.243 e. The fourth-order valence-electron chi connectivity index (χ4n) is 2.27. The maximum Gasteiger partial charge on any atom is 0.243 e. The highest BCUT2D eigenvalue weighted by atomic mass is 35.5. The summed E-state index contributed by atoms with van der Waals surface area (Å²) in [5, 5.41) is 0. The van der Waals surface area contributed by atoms with Gasteiger partial charge in [0.2, 0.25) is 10.0 Å². The zero-order valence-corrected chi connectivity index (χ0v) is 12.7. The Bertz CT molecular complexity index is 519. The Morgan fingerprint density at radius 1 is 1.42 bits per heavy atom. The quantitative estimate of drug-likeness (QED) is 0.926. The molecule has 1 aliphatic heterocycles. The van der Waals surface area contributed by atoms with Gasteiger partial charge < -0.3 is 5.73 Å². The van der Waals surface area contributed by atoms with Gasteiger partial charge in [-0.1, -0.05) is 19.1 Å². The minimum atomic E-state index is -3.37. The Hall–Kier alpha value is -0.620. The number of benzene rings is 1. The minimum Gasteiger partial charge on any atom is -0.327 e. The summed E-state index contributed by atoms with van der Waals surface area (Å²) in [6.45, 7) is 3.02. The van der Waals surface area contributed by atoms with Gasteiger partial charge in [0.15, 0.2) is 0 Å². The van der Waals surface area contributed by atoms with Gasteiger partial charge in [-0.25, -0.2) is 8.42 Å². The Kier molecular flexibility index (Phi) is 5.80. The fraction of sp³-hybridized carbons (Fsp3) is 0.538. The average molecular weight is 305 g/mol. The van der Waals surface area contributed by atoms with Gasteiger partial charge in [0.05, 0.1) is 4.90 Å². The number of hydrogen-bond donors (Lipinski definition) is 1. The van der Waals surface area contributed by atoms with Crippen molar-refractivity contribution >= 4 is 22.4 Å². The largest absolute Gasteiger partial charge is 0.327 e. The summed E-state index contributed by atoms with van der Waals surface area (Å²) in [6.07, 6.45) is 2.58. The van der Waals surface area contributed by atoms with Gasteiger partial charge in [-0.15, -0.1) is 12.4 Å². The molecule has 0 spiro atoms. The van der Waals surface area contributed by atoms with Gasteiger partial charge in [-0.2, -0.15) is 4.31 Å². The van der Waals surface area contributed by atoms with E-state index in [4.69, 9.17) is 5.73 Å². The third kappa shape index (κ3) is 3.69. The summed E-state index contributed by atoms with van der Waals surface area (Å²) in [5.41, 5.74) is 6.89. The maximum absolute atomic E-state index is 12.5. The van der Waals surface area contributed by atoms with Gasteiger partial charge in [0, 0.05) is 19.1 Å². The average Bonchev–Trinajstić information content (AvgIpc) is 2.39. The maximum atomic E-state index is 12.5. The summed E-state index contributed by atoms with van der Waals surface area (Å²) >= 11 is 0. The van der Waals surface area contributed by atoms with E-state index >= 15 is 0 Å². The first kappa shape index (κ1) is 16.4. The second-order valence-electron chi connectivity index (χ2n) is 4.77. The van der Waals surface area contributed by atoms with Crippen LogP contribution in [0.15, 0.2) is 29.2 Å². The number of hydrogen-bond acceptors (Lipinski definition) is 3. The van der Waals surface area contributed by atoms with Crippen molar-refractivity contribution in [1.29, 1.82) is 0 Å². The number of nitrogens with two attached hydrogens (primary N) is 1. The van der Waals surface area contributed by atoms with Crippen molar-refractivity contribution in [2.75, 3.05) is 13.1 Å². The zero-order chi connectivity index (χ0) is 13.2. The van der Waals surface area contributed by atoms with Crippen LogP contribution in [0, 0.1) is 0 Å². The molecule has 4 nitrogen and oxygen atoms in total. The highest BCUT2D eigenvalue weighted by Gasteiger charge is 2.28. The Labute approximate surface area is 121 Å². The molecule has 1 unspecified atom stereocenters. The lowest BCUT2D eigenvalue weighted by Crippen LogP contribution is -2.45. The predicted molar refractivity (Wildman–Crippen MR) is 79.0 cm³/mol. The van der Waals surface area contributed by atoms with Gasteiger partial charge in [-0.05, 0) is 37.0 Å². The van der Waals surface area contributed by atoms with Gasteiger partial charge in [-0.3, -0.25) is 0 Å². The first-order valence-corrected chi connectivity index (χ1v) is 7.82. The number of nitrogens with zero attached hydrogens (tertiary/aromatic N) is 1. The van der Waals surface area contributed by atoms with Crippen LogP contribution in [-0.4, -0.2) is 31.9 Å². The summed E-state index contributed by atoms with van der Waals surface area (Å²) in [6, 6.07) is 7.13. The summed E-state index contributed by atoms with van der Waals surface area (Å²) in [5.74, 6) is 0. The number of aryl methyl sites for hydroxylation is 1. The molecule has 1 fully saturated rings. The van der Waals surface area contributed by atoms with Crippen LogP contribution in [0.1, 0.15) is 25.3 Å². The number of sulfonamides is 1. The number of halogens is 1. The van der Waals surface area contributed by atoms with E-state index < -0.39 is 10.0 Å². The van der Waals surface area contributed by atoms with E-state index in [2.05, 4.69) is 0 Å². The van der Waals surface area contributed by atoms with E-state index in [-0.39, 0.29) is 18.4 Å². The summed E-state index contributed by atoms with van der Waals surface area (Å²) in [4.78, 5) is 0.385. The molecular weight excluding hydrogens is 284 g/mol. The monoisotopic (exact) mass is 304 g/mol. The van der Waals surface area contributed by atoms with Crippen molar-refractivity contribution in [1.82, 2.24) is 4.31 Å². The molecule has 1 saturated heterocycles. The second-order valence-corrected chi connectivity index (χ2v) is 6.70. The second kappa shape index (κ2) is 6.70. The topological polar surface area (TPSA) is 63.4 Å². The Morgan fingerprint density at radius 2 is 2.16 bits per heavy atom. The molecule has 0 saturated carbocycles. The highest BCUT2D eigenvalue weighted by Crippen LogP contribution is 2.21. The molecule has 0 aliphatic carbocycles. The SMILES string of the molecule is CCc1cccc(S(=O)(=O)N2CCCC(N)C2)c1.Cl. The molecular formula is C13H21ClN2O2S. The molecule has 0 amide bonds. The molecule has 1 atom stereocenters. The van der Waals surface area contributed by atoms with E-state index in [9.17, 15) is 8.42 Å². The zero-order valence-electron chi connectivity index (χ0n) is 11.1. The highest BCUT2D eigenvalue weighted by molar-refractivity contribution is 7.89. The molecule has 108 valence electrons. The van der Waals surface area contributed by atoms with Crippen LogP contribution < -0.4 is 5.73 Å². The molecule has 2 N–H and O–H groups in total. The number of piperidine rings is 1. The Balaban J connectivity index is 0.00000180. The van der Waals surface area contributed by atoms with E-state index in [1.54, 1.807) is 18.2 Å². The normalized spacial score (nSPS) is 20.8. The third-order valence-corrected chi connectivity index (χ3v) is 5.23. The summed E-state index contributed by atoms with van der Waals surface area (Å²) < 4.78 is 26.5. The van der Waals surface area contributed by atoms with Crippen molar-refractivity contribution in [3.05, 3.63) is 29.8 Å². The van der Waals surface area contributed by atoms with Crippen LogP contribution in [0.3, 0.4) is 0 Å². The molecule has 0 aromatic heterocycles. The van der Waals surface area contributed by atoms with Gasteiger partial charge in [0.25, 0.3) is 0 Å². The van der Waals surface area contributed by atoms with Crippen LogP contribution in [0.2, 0.25) is 0 Å². The van der Waals surface area contributed by atoms with Crippen molar-refractivity contribution in [3.63, 3.8) is 0 Å². The number of rotatable bonds is 3. The van der Waals surface area contributed by atoms with Gasteiger partial charge >= 0.3 is 0 Å². The van der Waals surface area contributed by atoms with Crippen molar-refractivity contribution in [2.24, 2.45) is 5.73 Å². The van der Waals surface area contributed by atoms with Crippen molar-refractivity contribution < 1.29 is 8.42 Å². The van der Waals surface area contributed by atoms with Crippen LogP contribution in [0.5, 0.6) is 0 Å². The minimum absolute atomic E-state index is 0. The molecule has 6 heteroatoms. The summed E-state index contributed by atoms with van der Waals surface area (Å²) in [7, 11) is -3.37. The van der Waals surface area contributed by atoms with E-state index in [0.717, 1.165) is 24.8 Å². The standard InChI is InChI=1S/C13H20N2O2S.ClH/c1-2-11-5-3-7-13(9-11)18(16,17)15-8-4-6-12(14)10-15;/h3,5,7,9,12H,2,4,6,8,10,14H2,1H3;1H. The van der Waals surface area contributed by atoms with Gasteiger partial charge in [0.1, 0.15) is 0 Å².